The van der Waals surface area contributed by atoms with E-state index in [1.807, 2.05) is 72.0 Å². The monoisotopic (exact) mass is 797 g/mol. The molecule has 4 aromatic carbocycles. The van der Waals surface area contributed by atoms with Crippen molar-refractivity contribution < 1.29 is 39.6 Å². The minimum atomic E-state index is -3.47. The number of nitrogens with one attached hydrogen (secondary N) is 1. The van der Waals surface area contributed by atoms with Gasteiger partial charge in [0.2, 0.25) is 11.8 Å². The highest BCUT2D eigenvalue weighted by Gasteiger charge is 2.45. The Balaban J connectivity index is 1.01. The number of fused-ring (bicyclic) bond motifs is 1. The molecule has 0 aromatic heterocycles. The van der Waals surface area contributed by atoms with Gasteiger partial charge in [0.05, 0.1) is 22.3 Å². The molecular weight excluding hydrogens is 745 g/mol. The average Bonchev–Trinajstić information content (AvgIpc) is 3.50. The number of phenolic OH excluding ortho intramolecular Hbond substituents is 1. The lowest BCUT2D eigenvalue weighted by Gasteiger charge is -2.40. The first-order valence-corrected chi connectivity index (χ1v) is 19.4. The number of nitrogens with zero attached hydrogens (tertiary/aromatic N) is 4. The van der Waals surface area contributed by atoms with E-state index >= 15 is 4.39 Å². The summed E-state index contributed by atoms with van der Waals surface area (Å²) < 4.78 is 88.3. The van der Waals surface area contributed by atoms with Gasteiger partial charge in [-0.25, -0.2) is 4.39 Å². The van der Waals surface area contributed by atoms with Crippen LogP contribution in [0, 0.1) is 11.7 Å². The first kappa shape index (κ1) is 29.7. The largest absolute Gasteiger partial charge is 0.508 e. The van der Waals surface area contributed by atoms with E-state index in [2.05, 4.69) is 4.90 Å². The number of anilines is 2. The molecule has 0 spiro atoms. The lowest BCUT2D eigenvalue weighted by atomic mass is 9.88. The second kappa shape index (κ2) is 16.5. The van der Waals surface area contributed by atoms with Gasteiger partial charge in [0.15, 0.2) is 0 Å². The molecule has 4 heterocycles. The third-order valence-corrected chi connectivity index (χ3v) is 11.0. The van der Waals surface area contributed by atoms with E-state index in [1.165, 1.54) is 0 Å². The van der Waals surface area contributed by atoms with Gasteiger partial charge >= 0.3 is 0 Å². The van der Waals surface area contributed by atoms with Gasteiger partial charge in [-0.15, -0.1) is 11.6 Å². The zero-order valence-corrected chi connectivity index (χ0v) is 31.6. The number of allylic oxidation sites excluding steroid dienone is 1. The number of hydrogen-bond donors (Lipinski definition) is 2. The van der Waals surface area contributed by atoms with Crippen molar-refractivity contribution in [3.05, 3.63) is 125 Å². The number of piperidine rings is 2. The molecule has 4 amide bonds. The Morgan fingerprint density at radius 2 is 1.42 bits per heavy atom. The standard InChI is InChI=1S/C45H45ClFN5O5/c46-19-16-35(30-4-2-1-3-5-30)42(32-8-12-34(53)13-9-32)31-6-10-33(11-7-31)50-20-17-29(18-21-50)28-49-22-24-51(25-23-49)40-27-37-36(26-38(40)47)44(56)52(45(37)57)39-14-15-41(54)48-43(39)55/h1-13,26-27,29,39,53H,14-25,28H2,(H,48,54,55)/i22D2,23D2,24D2,25D2. The molecule has 4 aromatic rings. The first-order valence-electron chi connectivity index (χ1n) is 22.8. The van der Waals surface area contributed by atoms with Gasteiger partial charge in [0, 0.05) is 69.1 Å². The number of piperazine rings is 1. The van der Waals surface area contributed by atoms with E-state index in [9.17, 15) is 24.3 Å². The van der Waals surface area contributed by atoms with E-state index in [0.717, 1.165) is 33.5 Å². The lowest BCUT2D eigenvalue weighted by Crippen LogP contribution is -2.54. The van der Waals surface area contributed by atoms with Gasteiger partial charge in [-0.2, -0.15) is 0 Å². The molecule has 0 saturated carbocycles. The average molecular weight is 798 g/mol. The fourth-order valence-electron chi connectivity index (χ4n) is 7.90. The van der Waals surface area contributed by atoms with Crippen LogP contribution in [-0.2, 0) is 9.59 Å². The highest BCUT2D eigenvalue weighted by molar-refractivity contribution is 6.24. The second-order valence-corrected chi connectivity index (χ2v) is 14.8. The van der Waals surface area contributed by atoms with Crippen LogP contribution in [0.15, 0.2) is 91.0 Å². The Bertz CT molecular complexity index is 2550. The number of imide groups is 2. The number of benzene rings is 4. The third kappa shape index (κ3) is 7.91. The molecule has 4 aliphatic rings. The van der Waals surface area contributed by atoms with Gasteiger partial charge in [-0.3, -0.25) is 34.3 Å². The maximum absolute atomic E-state index is 16.1. The summed E-state index contributed by atoms with van der Waals surface area (Å²) in [6.45, 7) is -12.9. The van der Waals surface area contributed by atoms with Crippen molar-refractivity contribution in [3.63, 3.8) is 0 Å². The normalized spacial score (nSPS) is 25.4. The lowest BCUT2D eigenvalue weighted by molar-refractivity contribution is -0.136. The summed E-state index contributed by atoms with van der Waals surface area (Å²) in [5.74, 6) is -4.99. The minimum Gasteiger partial charge on any atom is -0.508 e. The summed E-state index contributed by atoms with van der Waals surface area (Å²) >= 11 is 6.33. The third-order valence-electron chi connectivity index (χ3n) is 10.8. The number of aromatic hydroxyl groups is 1. The molecule has 10 nitrogen and oxygen atoms in total. The fraction of sp³-hybridized carbons (Fsp3) is 0.333. The van der Waals surface area contributed by atoms with Crippen LogP contribution in [-0.4, -0.2) is 96.1 Å². The molecule has 0 aliphatic carbocycles. The van der Waals surface area contributed by atoms with Gasteiger partial charge in [-0.05, 0) is 95.8 Å². The molecule has 8 rings (SSSR count). The molecule has 12 heteroatoms. The van der Waals surface area contributed by atoms with Crippen LogP contribution in [0.3, 0.4) is 0 Å². The Morgan fingerprint density at radius 1 is 0.789 bits per heavy atom. The van der Waals surface area contributed by atoms with Gasteiger partial charge < -0.3 is 14.9 Å². The van der Waals surface area contributed by atoms with Crippen molar-refractivity contribution in [1.29, 1.82) is 0 Å². The van der Waals surface area contributed by atoms with Crippen molar-refractivity contribution in [2.75, 3.05) is 61.3 Å². The molecule has 1 atom stereocenters. The Hall–Kier alpha value is -5.52. The second-order valence-electron chi connectivity index (χ2n) is 14.4. The van der Waals surface area contributed by atoms with Gasteiger partial charge in [-0.1, -0.05) is 54.6 Å². The van der Waals surface area contributed by atoms with Crippen LogP contribution in [0.2, 0.25) is 0 Å². The van der Waals surface area contributed by atoms with Crippen molar-refractivity contribution >= 4 is 57.8 Å². The molecular formula is C45H45ClFN5O5. The van der Waals surface area contributed by atoms with Crippen molar-refractivity contribution in [1.82, 2.24) is 15.1 Å². The van der Waals surface area contributed by atoms with E-state index in [1.54, 1.807) is 12.1 Å². The smallest absolute Gasteiger partial charge is 0.262 e. The number of phenols is 1. The summed E-state index contributed by atoms with van der Waals surface area (Å²) in [5, 5.41) is 12.1. The van der Waals surface area contributed by atoms with Crippen molar-refractivity contribution in [2.24, 2.45) is 5.92 Å². The first-order chi connectivity index (χ1) is 30.7. The number of carbonyl (C=O) groups is 4. The number of amides is 4. The molecule has 1 unspecified atom stereocenters. The van der Waals surface area contributed by atoms with Crippen LogP contribution in [0.5, 0.6) is 5.75 Å². The SMILES string of the molecule is [2H]C1([2H])N(CC2CCN(c3ccc(C(=C(CCCl)c4ccccc4)c4ccc(O)cc4)cc3)CC2)C([2H])([2H])C([2H])([2H])N(c2cc3c(cc2F)C(=O)N(C2CCC(=O)NC2=O)C3=O)C1([2H])[2H]. The number of carbonyl (C=O) groups excluding carboxylic acids is 4. The Kier molecular flexibility index (Phi) is 8.61. The van der Waals surface area contributed by atoms with Crippen LogP contribution in [0.25, 0.3) is 11.1 Å². The number of alkyl halides is 1. The molecule has 3 saturated heterocycles. The van der Waals surface area contributed by atoms with E-state index in [0.29, 0.717) is 60.2 Å². The summed E-state index contributed by atoms with van der Waals surface area (Å²) in [6, 6.07) is 24.8. The molecule has 294 valence electrons. The molecule has 4 aliphatic heterocycles. The summed E-state index contributed by atoms with van der Waals surface area (Å²) in [6.07, 6.45) is 1.06. The topological polar surface area (TPSA) is 114 Å². The van der Waals surface area contributed by atoms with Crippen LogP contribution in [0.4, 0.5) is 15.8 Å². The fourth-order valence-corrected chi connectivity index (χ4v) is 8.09. The number of halogens is 2. The quantitative estimate of drug-likeness (QED) is 0.106. The highest BCUT2D eigenvalue weighted by atomic mass is 35.5. The van der Waals surface area contributed by atoms with Gasteiger partial charge in [0.1, 0.15) is 17.6 Å². The number of rotatable bonds is 10. The van der Waals surface area contributed by atoms with Crippen molar-refractivity contribution in [3.8, 4) is 5.75 Å². The molecule has 0 radical (unpaired) electrons. The molecule has 3 fully saturated rings. The predicted molar refractivity (Wildman–Crippen MR) is 219 cm³/mol. The Morgan fingerprint density at radius 3 is 2.05 bits per heavy atom. The molecule has 2 N–H and O–H groups in total. The highest BCUT2D eigenvalue weighted by Crippen LogP contribution is 2.37. The van der Waals surface area contributed by atoms with E-state index < -0.39 is 84.2 Å². The Labute approximate surface area is 347 Å². The molecule has 0 bridgehead atoms. The number of hydrogen-bond acceptors (Lipinski definition) is 8. The summed E-state index contributed by atoms with van der Waals surface area (Å²) in [7, 11) is 0. The van der Waals surface area contributed by atoms with Crippen molar-refractivity contribution in [2.45, 2.75) is 38.1 Å². The zero-order valence-electron chi connectivity index (χ0n) is 38.8. The predicted octanol–water partition coefficient (Wildman–Crippen LogP) is 6.56. The summed E-state index contributed by atoms with van der Waals surface area (Å²) in [4.78, 5) is 54.4. The van der Waals surface area contributed by atoms with Gasteiger partial charge in [0.25, 0.3) is 11.8 Å². The van der Waals surface area contributed by atoms with Crippen LogP contribution < -0.4 is 15.1 Å². The van der Waals surface area contributed by atoms with Crippen LogP contribution >= 0.6 is 11.6 Å². The minimum absolute atomic E-state index is 0.0194. The molecule has 57 heavy (non-hydrogen) atoms. The maximum atomic E-state index is 16.1. The van der Waals surface area contributed by atoms with Crippen LogP contribution in [0.1, 0.15) is 80.5 Å². The maximum Gasteiger partial charge on any atom is 0.262 e. The van der Waals surface area contributed by atoms with E-state index in [4.69, 9.17) is 22.6 Å². The summed E-state index contributed by atoms with van der Waals surface area (Å²) in [5.41, 5.74) is 3.72. The van der Waals surface area contributed by atoms with E-state index in [-0.39, 0.29) is 30.0 Å². The zero-order chi connectivity index (χ0) is 46.8.